The van der Waals surface area contributed by atoms with Gasteiger partial charge in [-0.25, -0.2) is 0 Å². The van der Waals surface area contributed by atoms with Crippen LogP contribution < -0.4 is 10.1 Å². The minimum absolute atomic E-state index is 0.260. The Hall–Kier alpha value is -1.71. The molecule has 0 unspecified atom stereocenters. The molecule has 2 aromatic carbocycles. The first-order valence-corrected chi connectivity index (χ1v) is 7.51. The second-order valence-corrected chi connectivity index (χ2v) is 5.73. The molecular weight excluding hydrogens is 286 g/mol. The largest absolute Gasteiger partial charge is 0.508 e. The molecule has 4 heteroatoms. The first-order chi connectivity index (χ1) is 10.2. The van der Waals surface area contributed by atoms with E-state index in [-0.39, 0.29) is 5.75 Å². The summed E-state index contributed by atoms with van der Waals surface area (Å²) in [4.78, 5) is 0. The summed E-state index contributed by atoms with van der Waals surface area (Å²) in [6, 6.07) is 13.4. The van der Waals surface area contributed by atoms with Gasteiger partial charge < -0.3 is 15.2 Å². The minimum atomic E-state index is 0.260. The van der Waals surface area contributed by atoms with Crippen molar-refractivity contribution in [3.8, 4) is 11.5 Å². The fourth-order valence-corrected chi connectivity index (χ4v) is 2.37. The van der Waals surface area contributed by atoms with Crippen LogP contribution in [0.5, 0.6) is 11.5 Å². The molecule has 110 valence electrons. The molecule has 0 amide bonds. The molecule has 2 aromatic rings. The predicted octanol–water partition coefficient (Wildman–Crippen LogP) is 3.88. The van der Waals surface area contributed by atoms with Crippen molar-refractivity contribution in [3.05, 3.63) is 58.6 Å². The highest BCUT2D eigenvalue weighted by atomic mass is 35.5. The fourth-order valence-electron chi connectivity index (χ4n) is 2.13. The van der Waals surface area contributed by atoms with Gasteiger partial charge in [-0.2, -0.15) is 0 Å². The third-order valence-electron chi connectivity index (χ3n) is 3.55. The van der Waals surface area contributed by atoms with Crippen molar-refractivity contribution >= 4 is 11.6 Å². The van der Waals surface area contributed by atoms with E-state index in [1.165, 1.54) is 12.8 Å². The zero-order valence-electron chi connectivity index (χ0n) is 11.7. The van der Waals surface area contributed by atoms with Gasteiger partial charge in [0.1, 0.15) is 18.1 Å². The number of hydrogen-bond acceptors (Lipinski definition) is 3. The van der Waals surface area contributed by atoms with Gasteiger partial charge in [0, 0.05) is 23.2 Å². The van der Waals surface area contributed by atoms with Gasteiger partial charge in [0.2, 0.25) is 0 Å². The van der Waals surface area contributed by atoms with Gasteiger partial charge >= 0.3 is 0 Å². The maximum absolute atomic E-state index is 9.28. The highest BCUT2D eigenvalue weighted by Gasteiger charge is 2.21. The van der Waals surface area contributed by atoms with E-state index in [2.05, 4.69) is 5.32 Å². The molecular formula is C17H18ClNO2. The van der Waals surface area contributed by atoms with Crippen molar-refractivity contribution in [1.82, 2.24) is 5.32 Å². The zero-order valence-corrected chi connectivity index (χ0v) is 12.4. The van der Waals surface area contributed by atoms with Crippen LogP contribution in [0.2, 0.25) is 5.02 Å². The average Bonchev–Trinajstić information content (AvgIpc) is 3.30. The minimum Gasteiger partial charge on any atom is -0.508 e. The quantitative estimate of drug-likeness (QED) is 0.851. The Morgan fingerprint density at radius 3 is 2.62 bits per heavy atom. The summed E-state index contributed by atoms with van der Waals surface area (Å²) in [5.74, 6) is 1.07. The van der Waals surface area contributed by atoms with E-state index in [4.69, 9.17) is 16.3 Å². The molecule has 0 aromatic heterocycles. The van der Waals surface area contributed by atoms with Gasteiger partial charge in [0.25, 0.3) is 0 Å². The fraction of sp³-hybridized carbons (Fsp3) is 0.294. The van der Waals surface area contributed by atoms with Crippen LogP contribution >= 0.6 is 11.6 Å². The Balaban J connectivity index is 1.68. The summed E-state index contributed by atoms with van der Waals surface area (Å²) < 4.78 is 5.89. The van der Waals surface area contributed by atoms with Crippen LogP contribution in [0.4, 0.5) is 0 Å². The summed E-state index contributed by atoms with van der Waals surface area (Å²) in [7, 11) is 0. The third-order valence-corrected chi connectivity index (χ3v) is 3.91. The van der Waals surface area contributed by atoms with E-state index in [1.54, 1.807) is 12.1 Å². The SMILES string of the molecule is Oc1ccc(COc2cccc(Cl)c2CNC2CC2)cc1. The van der Waals surface area contributed by atoms with Crippen LogP contribution in [0.3, 0.4) is 0 Å². The second kappa shape index (κ2) is 6.37. The number of hydrogen-bond donors (Lipinski definition) is 2. The van der Waals surface area contributed by atoms with Gasteiger partial charge in [-0.3, -0.25) is 0 Å². The molecule has 0 aliphatic heterocycles. The zero-order chi connectivity index (χ0) is 14.7. The van der Waals surface area contributed by atoms with Crippen molar-refractivity contribution in [2.75, 3.05) is 0 Å². The molecule has 1 aliphatic rings. The first kappa shape index (κ1) is 14.2. The van der Waals surface area contributed by atoms with Crippen LogP contribution in [-0.2, 0) is 13.2 Å². The van der Waals surface area contributed by atoms with Crippen LogP contribution in [0.25, 0.3) is 0 Å². The lowest BCUT2D eigenvalue weighted by Crippen LogP contribution is -2.16. The van der Waals surface area contributed by atoms with Crippen LogP contribution in [0.1, 0.15) is 24.0 Å². The molecule has 0 atom stereocenters. The average molecular weight is 304 g/mol. The standard InChI is InChI=1S/C17H18ClNO2/c18-16-2-1-3-17(15(16)10-19-13-6-7-13)21-11-12-4-8-14(20)9-5-12/h1-5,8-9,13,19-20H,6-7,10-11H2. The van der Waals surface area contributed by atoms with Gasteiger partial charge in [-0.15, -0.1) is 0 Å². The van der Waals surface area contributed by atoms with Crippen LogP contribution in [0.15, 0.2) is 42.5 Å². The third kappa shape index (κ3) is 3.90. The maximum atomic E-state index is 9.28. The first-order valence-electron chi connectivity index (χ1n) is 7.14. The molecule has 3 rings (SSSR count). The monoisotopic (exact) mass is 303 g/mol. The molecule has 0 heterocycles. The summed E-state index contributed by atoms with van der Waals surface area (Å²) in [6.45, 7) is 1.19. The van der Waals surface area contributed by atoms with Gasteiger partial charge in [-0.1, -0.05) is 29.8 Å². The van der Waals surface area contributed by atoms with Gasteiger partial charge in [-0.05, 0) is 42.7 Å². The lowest BCUT2D eigenvalue weighted by molar-refractivity contribution is 0.302. The van der Waals surface area contributed by atoms with Crippen LogP contribution in [-0.4, -0.2) is 11.1 Å². The van der Waals surface area contributed by atoms with Crippen molar-refractivity contribution in [3.63, 3.8) is 0 Å². The topological polar surface area (TPSA) is 41.5 Å². The van der Waals surface area contributed by atoms with Crippen molar-refractivity contribution < 1.29 is 9.84 Å². The molecule has 0 radical (unpaired) electrons. The van der Waals surface area contributed by atoms with Crippen molar-refractivity contribution in [2.45, 2.75) is 32.0 Å². The number of phenolic OH excluding ortho intramolecular Hbond substituents is 1. The van der Waals surface area contributed by atoms with E-state index >= 15 is 0 Å². The highest BCUT2D eigenvalue weighted by molar-refractivity contribution is 6.31. The van der Waals surface area contributed by atoms with E-state index in [0.717, 1.165) is 28.4 Å². The molecule has 21 heavy (non-hydrogen) atoms. The number of benzene rings is 2. The molecule has 1 fully saturated rings. The molecule has 1 saturated carbocycles. The Bertz CT molecular complexity index is 609. The molecule has 2 N–H and O–H groups in total. The Morgan fingerprint density at radius 2 is 1.90 bits per heavy atom. The van der Waals surface area contributed by atoms with Crippen molar-refractivity contribution in [2.24, 2.45) is 0 Å². The summed E-state index contributed by atoms with van der Waals surface area (Å²) >= 11 is 6.28. The van der Waals surface area contributed by atoms with E-state index in [1.807, 2.05) is 30.3 Å². The number of nitrogens with one attached hydrogen (secondary N) is 1. The van der Waals surface area contributed by atoms with Crippen LogP contribution in [0, 0.1) is 0 Å². The lowest BCUT2D eigenvalue weighted by atomic mass is 10.2. The Morgan fingerprint density at radius 1 is 1.14 bits per heavy atom. The summed E-state index contributed by atoms with van der Waals surface area (Å²) in [6.07, 6.45) is 2.49. The van der Waals surface area contributed by atoms with E-state index in [0.29, 0.717) is 12.6 Å². The van der Waals surface area contributed by atoms with E-state index in [9.17, 15) is 5.11 Å². The lowest BCUT2D eigenvalue weighted by Gasteiger charge is -2.13. The normalized spacial score (nSPS) is 14.1. The maximum Gasteiger partial charge on any atom is 0.125 e. The molecule has 0 saturated heterocycles. The number of aromatic hydroxyl groups is 1. The number of phenols is 1. The second-order valence-electron chi connectivity index (χ2n) is 5.33. The summed E-state index contributed by atoms with van der Waals surface area (Å²) in [5, 5.41) is 13.5. The molecule has 0 spiro atoms. The number of halogens is 1. The number of rotatable bonds is 6. The van der Waals surface area contributed by atoms with Crippen molar-refractivity contribution in [1.29, 1.82) is 0 Å². The smallest absolute Gasteiger partial charge is 0.125 e. The van der Waals surface area contributed by atoms with Gasteiger partial charge in [0.15, 0.2) is 0 Å². The Kier molecular flexibility index (Phi) is 4.32. The molecule has 3 nitrogen and oxygen atoms in total. The predicted molar refractivity (Wildman–Crippen MR) is 83.8 cm³/mol. The number of ether oxygens (including phenoxy) is 1. The van der Waals surface area contributed by atoms with Gasteiger partial charge in [0.05, 0.1) is 0 Å². The van der Waals surface area contributed by atoms with E-state index < -0.39 is 0 Å². The highest BCUT2D eigenvalue weighted by Crippen LogP contribution is 2.29. The Labute approximate surface area is 129 Å². The summed E-state index contributed by atoms with van der Waals surface area (Å²) in [5.41, 5.74) is 2.01. The molecule has 1 aliphatic carbocycles. The molecule has 0 bridgehead atoms.